The fourth-order valence-electron chi connectivity index (χ4n) is 1.92. The molecule has 0 bridgehead atoms. The maximum atomic E-state index is 11.9. The van der Waals surface area contributed by atoms with Gasteiger partial charge < -0.3 is 5.32 Å². The molecule has 2 rings (SSSR count). The minimum absolute atomic E-state index is 0.0168. The maximum Gasteiger partial charge on any atom is 0.198 e. The topological polar surface area (TPSA) is 41.5 Å². The number of allylic oxidation sites excluding steroid dienone is 1. The van der Waals surface area contributed by atoms with E-state index in [2.05, 4.69) is 16.4 Å². The monoisotopic (exact) mass is 192 g/mol. The number of carbonyl (C=O) groups excluding carboxylic acids is 1. The number of carbonyl (C=O) groups is 1. The molecule has 2 heterocycles. The summed E-state index contributed by atoms with van der Waals surface area (Å²) in [5.74, 6) is 0.217. The van der Waals surface area contributed by atoms with Crippen molar-refractivity contribution in [2.75, 3.05) is 6.54 Å². The molecular formula is C11H16N2O. The zero-order valence-corrected chi connectivity index (χ0v) is 8.33. The van der Waals surface area contributed by atoms with Gasteiger partial charge in [0.15, 0.2) is 5.78 Å². The maximum absolute atomic E-state index is 11.9. The summed E-state index contributed by atoms with van der Waals surface area (Å²) in [7, 11) is 0. The van der Waals surface area contributed by atoms with Gasteiger partial charge in [-0.2, -0.15) is 0 Å². The molecule has 1 N–H and O–H groups in total. The molecule has 0 saturated carbocycles. The van der Waals surface area contributed by atoms with Gasteiger partial charge in [-0.1, -0.05) is 6.08 Å². The zero-order valence-electron chi connectivity index (χ0n) is 8.33. The normalized spacial score (nSPS) is 26.6. The van der Waals surface area contributed by atoms with Gasteiger partial charge in [-0.05, 0) is 38.3 Å². The fourth-order valence-corrected chi connectivity index (χ4v) is 1.92. The summed E-state index contributed by atoms with van der Waals surface area (Å²) in [6, 6.07) is -0.0168. The van der Waals surface area contributed by atoms with Crippen molar-refractivity contribution in [1.29, 1.82) is 0 Å². The lowest BCUT2D eigenvalue weighted by Gasteiger charge is -2.21. The Morgan fingerprint density at radius 2 is 2.43 bits per heavy atom. The van der Waals surface area contributed by atoms with E-state index >= 15 is 0 Å². The summed E-state index contributed by atoms with van der Waals surface area (Å²) in [6.45, 7) is 0.837. The molecule has 2 aliphatic heterocycles. The molecule has 0 aromatic heterocycles. The number of nitrogens with one attached hydrogen (secondary N) is 1. The van der Waals surface area contributed by atoms with Gasteiger partial charge in [-0.3, -0.25) is 9.79 Å². The Morgan fingerprint density at radius 3 is 3.07 bits per heavy atom. The van der Waals surface area contributed by atoms with Crippen LogP contribution in [0.3, 0.4) is 0 Å². The van der Waals surface area contributed by atoms with E-state index in [1.807, 2.05) is 6.20 Å². The van der Waals surface area contributed by atoms with Crippen LogP contribution in [0, 0.1) is 0 Å². The Labute approximate surface area is 84.3 Å². The molecule has 0 amide bonds. The lowest BCUT2D eigenvalue weighted by molar-refractivity contribution is -0.115. The Bertz CT molecular complexity index is 281. The Kier molecular flexibility index (Phi) is 2.96. The average Bonchev–Trinajstić information content (AvgIpc) is 2.30. The van der Waals surface area contributed by atoms with Crippen LogP contribution >= 0.6 is 0 Å². The second kappa shape index (κ2) is 4.40. The lowest BCUT2D eigenvalue weighted by Crippen LogP contribution is -2.40. The van der Waals surface area contributed by atoms with Gasteiger partial charge in [0, 0.05) is 6.54 Å². The molecule has 1 atom stereocenters. The SMILES string of the molecule is O=C(C1=NCCCC1)[C@@H]1CCC=CN1. The smallest absolute Gasteiger partial charge is 0.198 e. The summed E-state index contributed by atoms with van der Waals surface area (Å²) >= 11 is 0. The second-order valence-electron chi connectivity index (χ2n) is 3.85. The standard InChI is InChI=1S/C11H16N2O/c14-11(9-5-1-3-7-12-9)10-6-2-4-8-13-10/h3,7,9,12H,1-2,4-6,8H2/t9-/m0/s1. The van der Waals surface area contributed by atoms with E-state index in [9.17, 15) is 4.79 Å². The van der Waals surface area contributed by atoms with E-state index in [1.165, 1.54) is 0 Å². The van der Waals surface area contributed by atoms with Crippen molar-refractivity contribution in [3.63, 3.8) is 0 Å². The number of nitrogens with zero attached hydrogens (tertiary/aromatic N) is 1. The molecule has 3 nitrogen and oxygen atoms in total. The third-order valence-corrected chi connectivity index (χ3v) is 2.76. The molecule has 0 aromatic carbocycles. The van der Waals surface area contributed by atoms with Crippen molar-refractivity contribution in [2.45, 2.75) is 38.1 Å². The highest BCUT2D eigenvalue weighted by molar-refractivity contribution is 6.41. The van der Waals surface area contributed by atoms with Crippen LogP contribution in [0.1, 0.15) is 32.1 Å². The predicted octanol–water partition coefficient (Wildman–Crippen LogP) is 1.45. The van der Waals surface area contributed by atoms with Crippen molar-refractivity contribution < 1.29 is 4.79 Å². The van der Waals surface area contributed by atoms with Crippen LogP contribution in [0.25, 0.3) is 0 Å². The van der Waals surface area contributed by atoms with Gasteiger partial charge in [0.25, 0.3) is 0 Å². The summed E-state index contributed by atoms with van der Waals surface area (Å²) in [5.41, 5.74) is 0.809. The summed E-state index contributed by atoms with van der Waals surface area (Å²) < 4.78 is 0. The molecule has 2 aliphatic rings. The van der Waals surface area contributed by atoms with E-state index in [0.29, 0.717) is 0 Å². The highest BCUT2D eigenvalue weighted by atomic mass is 16.1. The largest absolute Gasteiger partial charge is 0.381 e. The van der Waals surface area contributed by atoms with E-state index in [4.69, 9.17) is 0 Å². The minimum Gasteiger partial charge on any atom is -0.381 e. The van der Waals surface area contributed by atoms with Crippen molar-refractivity contribution in [3.8, 4) is 0 Å². The van der Waals surface area contributed by atoms with Crippen LogP contribution < -0.4 is 5.32 Å². The fraction of sp³-hybridized carbons (Fsp3) is 0.636. The van der Waals surface area contributed by atoms with Gasteiger partial charge in [0.1, 0.15) is 0 Å². The predicted molar refractivity (Wildman–Crippen MR) is 56.5 cm³/mol. The first-order valence-corrected chi connectivity index (χ1v) is 5.36. The molecule has 0 aromatic rings. The lowest BCUT2D eigenvalue weighted by atomic mass is 9.97. The summed E-state index contributed by atoms with van der Waals surface area (Å²) in [5, 5.41) is 3.11. The van der Waals surface area contributed by atoms with Crippen LogP contribution in [-0.2, 0) is 4.79 Å². The van der Waals surface area contributed by atoms with Crippen molar-refractivity contribution in [1.82, 2.24) is 5.32 Å². The van der Waals surface area contributed by atoms with E-state index in [1.54, 1.807) is 0 Å². The molecular weight excluding hydrogens is 176 g/mol. The highest BCUT2D eigenvalue weighted by Crippen LogP contribution is 2.12. The third kappa shape index (κ3) is 2.03. The molecule has 0 unspecified atom stereocenters. The van der Waals surface area contributed by atoms with Gasteiger partial charge in [-0.15, -0.1) is 0 Å². The molecule has 0 spiro atoms. The zero-order chi connectivity index (χ0) is 9.80. The molecule has 14 heavy (non-hydrogen) atoms. The molecule has 0 fully saturated rings. The molecule has 0 aliphatic carbocycles. The number of aliphatic imine (C=N–C) groups is 1. The van der Waals surface area contributed by atoms with Crippen molar-refractivity contribution in [2.24, 2.45) is 4.99 Å². The number of ketones is 1. The second-order valence-corrected chi connectivity index (χ2v) is 3.85. The Morgan fingerprint density at radius 1 is 1.50 bits per heavy atom. The summed E-state index contributed by atoms with van der Waals surface area (Å²) in [6.07, 6.45) is 8.98. The van der Waals surface area contributed by atoms with Crippen LogP contribution in [0.5, 0.6) is 0 Å². The van der Waals surface area contributed by atoms with Gasteiger partial charge in [0.2, 0.25) is 0 Å². The van der Waals surface area contributed by atoms with Crippen molar-refractivity contribution in [3.05, 3.63) is 12.3 Å². The quantitative estimate of drug-likeness (QED) is 0.719. The first-order chi connectivity index (χ1) is 6.88. The van der Waals surface area contributed by atoms with Crippen molar-refractivity contribution >= 4 is 11.5 Å². The Hall–Kier alpha value is -1.12. The highest BCUT2D eigenvalue weighted by Gasteiger charge is 2.23. The molecule has 3 heteroatoms. The first-order valence-electron chi connectivity index (χ1n) is 5.36. The first kappa shape index (κ1) is 9.44. The molecule has 0 saturated heterocycles. The Balaban J connectivity index is 1.99. The third-order valence-electron chi connectivity index (χ3n) is 2.76. The van der Waals surface area contributed by atoms with Crippen LogP contribution in [0.15, 0.2) is 17.3 Å². The summed E-state index contributed by atoms with van der Waals surface area (Å²) in [4.78, 5) is 16.2. The van der Waals surface area contributed by atoms with Crippen LogP contribution in [0.4, 0.5) is 0 Å². The van der Waals surface area contributed by atoms with Crippen LogP contribution in [-0.4, -0.2) is 24.1 Å². The van der Waals surface area contributed by atoms with Gasteiger partial charge in [0.05, 0.1) is 11.8 Å². The van der Waals surface area contributed by atoms with E-state index in [-0.39, 0.29) is 11.8 Å². The number of Topliss-reactive ketones (excluding diaryl/α,β-unsaturated/α-hetero) is 1. The van der Waals surface area contributed by atoms with E-state index in [0.717, 1.165) is 44.4 Å². The number of hydrogen-bond acceptors (Lipinski definition) is 3. The number of hydrogen-bond donors (Lipinski definition) is 1. The molecule has 76 valence electrons. The van der Waals surface area contributed by atoms with Gasteiger partial charge >= 0.3 is 0 Å². The average molecular weight is 192 g/mol. The van der Waals surface area contributed by atoms with Gasteiger partial charge in [-0.25, -0.2) is 0 Å². The minimum atomic E-state index is -0.0168. The molecule has 0 radical (unpaired) electrons. The van der Waals surface area contributed by atoms with E-state index < -0.39 is 0 Å². The number of rotatable bonds is 2. The van der Waals surface area contributed by atoms with Crippen LogP contribution in [0.2, 0.25) is 0 Å².